The minimum absolute atomic E-state index is 0. The van der Waals surface area contributed by atoms with E-state index in [9.17, 15) is 0 Å². The maximum absolute atomic E-state index is 5.42. The van der Waals surface area contributed by atoms with Crippen LogP contribution < -0.4 is 10.6 Å². The number of morpholine rings is 1. The van der Waals surface area contributed by atoms with Gasteiger partial charge in [-0.05, 0) is 25.0 Å². The number of hydrogen-bond acceptors (Lipinski definition) is 4. The van der Waals surface area contributed by atoms with E-state index in [4.69, 9.17) is 14.5 Å². The molecule has 1 atom stereocenters. The molecule has 0 aromatic heterocycles. The molecule has 1 saturated heterocycles. The van der Waals surface area contributed by atoms with Crippen molar-refractivity contribution in [3.05, 3.63) is 35.4 Å². The Labute approximate surface area is 174 Å². The summed E-state index contributed by atoms with van der Waals surface area (Å²) in [6.07, 6.45) is 0. The van der Waals surface area contributed by atoms with E-state index in [-0.39, 0.29) is 24.0 Å². The molecule has 2 N–H and O–H groups in total. The van der Waals surface area contributed by atoms with Gasteiger partial charge in [0.2, 0.25) is 0 Å². The number of halogens is 1. The van der Waals surface area contributed by atoms with E-state index in [0.29, 0.717) is 19.2 Å². The highest BCUT2D eigenvalue weighted by molar-refractivity contribution is 14.0. The number of ether oxygens (including phenoxy) is 2. The number of hydrogen-bond donors (Lipinski definition) is 2. The maximum Gasteiger partial charge on any atom is 0.191 e. The van der Waals surface area contributed by atoms with Gasteiger partial charge < -0.3 is 20.1 Å². The van der Waals surface area contributed by atoms with Crippen LogP contribution in [-0.2, 0) is 22.6 Å². The molecule has 1 aliphatic rings. The van der Waals surface area contributed by atoms with E-state index in [1.54, 1.807) is 7.11 Å². The predicted molar refractivity (Wildman–Crippen MR) is 117 cm³/mol. The molecule has 1 aromatic carbocycles. The van der Waals surface area contributed by atoms with Crippen molar-refractivity contribution in [2.75, 3.05) is 46.5 Å². The van der Waals surface area contributed by atoms with Gasteiger partial charge in [-0.2, -0.15) is 0 Å². The zero-order valence-corrected chi connectivity index (χ0v) is 18.5. The molecule has 26 heavy (non-hydrogen) atoms. The van der Waals surface area contributed by atoms with Crippen molar-refractivity contribution in [2.45, 2.75) is 33.0 Å². The number of nitrogens with one attached hydrogen (secondary N) is 2. The minimum atomic E-state index is 0. The lowest BCUT2D eigenvalue weighted by atomic mass is 10.1. The first kappa shape index (κ1) is 23.1. The zero-order chi connectivity index (χ0) is 17.9. The highest BCUT2D eigenvalue weighted by atomic mass is 127. The number of rotatable bonds is 8. The van der Waals surface area contributed by atoms with Crippen molar-refractivity contribution in [2.24, 2.45) is 4.99 Å². The summed E-state index contributed by atoms with van der Waals surface area (Å²) in [6.45, 7) is 11.0. The third-order valence-corrected chi connectivity index (χ3v) is 4.33. The highest BCUT2D eigenvalue weighted by Crippen LogP contribution is 2.07. The Kier molecular flexibility index (Phi) is 11.8. The first-order valence-electron chi connectivity index (χ1n) is 9.13. The molecule has 0 radical (unpaired) electrons. The lowest BCUT2D eigenvalue weighted by Gasteiger charge is -2.32. The summed E-state index contributed by atoms with van der Waals surface area (Å²) in [5.41, 5.74) is 2.37. The molecule has 148 valence electrons. The number of guanidine groups is 1. The standard InChI is InChI=1S/C19H32N4O2.HI/c1-4-20-19(21-13-16(2)23-9-11-25-12-10-23)22-14-17-5-7-18(8-6-17)15-24-3;/h5-8,16H,4,9-15H2,1-3H3,(H2,20,21,22);1H. The van der Waals surface area contributed by atoms with E-state index >= 15 is 0 Å². The second-order valence-corrected chi connectivity index (χ2v) is 6.32. The first-order valence-corrected chi connectivity index (χ1v) is 9.13. The van der Waals surface area contributed by atoms with Gasteiger partial charge in [0.25, 0.3) is 0 Å². The Morgan fingerprint density at radius 2 is 1.85 bits per heavy atom. The van der Waals surface area contributed by atoms with Crippen LogP contribution in [0.2, 0.25) is 0 Å². The monoisotopic (exact) mass is 476 g/mol. The van der Waals surface area contributed by atoms with Gasteiger partial charge in [-0.15, -0.1) is 24.0 Å². The van der Waals surface area contributed by atoms with Crippen molar-refractivity contribution in [1.82, 2.24) is 15.5 Å². The third-order valence-electron chi connectivity index (χ3n) is 4.33. The Bertz CT molecular complexity index is 519. The van der Waals surface area contributed by atoms with Crippen LogP contribution in [-0.4, -0.2) is 63.4 Å². The van der Waals surface area contributed by atoms with E-state index in [1.165, 1.54) is 11.1 Å². The molecule has 0 spiro atoms. The molecule has 1 aromatic rings. The summed E-state index contributed by atoms with van der Waals surface area (Å²) < 4.78 is 10.6. The predicted octanol–water partition coefficient (Wildman–Crippen LogP) is 2.23. The van der Waals surface area contributed by atoms with E-state index < -0.39 is 0 Å². The van der Waals surface area contributed by atoms with Crippen LogP contribution in [0.3, 0.4) is 0 Å². The first-order chi connectivity index (χ1) is 12.2. The summed E-state index contributed by atoms with van der Waals surface area (Å²) in [5.74, 6) is 0.864. The molecule has 1 fully saturated rings. The lowest BCUT2D eigenvalue weighted by molar-refractivity contribution is 0.0211. The fourth-order valence-electron chi connectivity index (χ4n) is 2.81. The quantitative estimate of drug-likeness (QED) is 0.343. The van der Waals surface area contributed by atoms with Gasteiger partial charge in [0.15, 0.2) is 5.96 Å². The molecule has 0 saturated carbocycles. The average molecular weight is 476 g/mol. The smallest absolute Gasteiger partial charge is 0.191 e. The van der Waals surface area contributed by atoms with Gasteiger partial charge in [0.05, 0.1) is 26.4 Å². The van der Waals surface area contributed by atoms with Crippen LogP contribution in [0.1, 0.15) is 25.0 Å². The number of aliphatic imine (C=N–C) groups is 1. The van der Waals surface area contributed by atoms with Gasteiger partial charge >= 0.3 is 0 Å². The molecule has 0 amide bonds. The lowest BCUT2D eigenvalue weighted by Crippen LogP contribution is -2.49. The van der Waals surface area contributed by atoms with Crippen molar-refractivity contribution >= 4 is 29.9 Å². The molecule has 1 unspecified atom stereocenters. The topological polar surface area (TPSA) is 58.1 Å². The molecule has 0 bridgehead atoms. The molecule has 1 aliphatic heterocycles. The largest absolute Gasteiger partial charge is 0.380 e. The van der Waals surface area contributed by atoms with E-state index in [2.05, 4.69) is 53.6 Å². The number of benzene rings is 1. The fraction of sp³-hybridized carbons (Fsp3) is 0.632. The van der Waals surface area contributed by atoms with Gasteiger partial charge in [-0.1, -0.05) is 24.3 Å². The van der Waals surface area contributed by atoms with Gasteiger partial charge in [-0.25, -0.2) is 4.99 Å². The van der Waals surface area contributed by atoms with Gasteiger partial charge in [-0.3, -0.25) is 4.90 Å². The third kappa shape index (κ3) is 8.20. The summed E-state index contributed by atoms with van der Waals surface area (Å²) in [7, 11) is 1.71. The second kappa shape index (κ2) is 13.3. The van der Waals surface area contributed by atoms with E-state index in [1.807, 2.05) is 0 Å². The molecule has 2 rings (SSSR count). The molecular formula is C19H33IN4O2. The van der Waals surface area contributed by atoms with Gasteiger partial charge in [0.1, 0.15) is 0 Å². The van der Waals surface area contributed by atoms with Crippen molar-refractivity contribution in [3.8, 4) is 0 Å². The molecular weight excluding hydrogens is 443 g/mol. The molecule has 7 heteroatoms. The van der Waals surface area contributed by atoms with Crippen molar-refractivity contribution in [1.29, 1.82) is 0 Å². The minimum Gasteiger partial charge on any atom is -0.380 e. The fourth-order valence-corrected chi connectivity index (χ4v) is 2.81. The zero-order valence-electron chi connectivity index (χ0n) is 16.2. The number of nitrogens with zero attached hydrogens (tertiary/aromatic N) is 2. The highest BCUT2D eigenvalue weighted by Gasteiger charge is 2.16. The van der Waals surface area contributed by atoms with E-state index in [0.717, 1.165) is 45.4 Å². The molecule has 6 nitrogen and oxygen atoms in total. The Morgan fingerprint density at radius 3 is 2.46 bits per heavy atom. The van der Waals surface area contributed by atoms with Crippen LogP contribution in [0, 0.1) is 0 Å². The Hall–Kier alpha value is -0.900. The van der Waals surface area contributed by atoms with Crippen LogP contribution in [0.4, 0.5) is 0 Å². The normalized spacial score (nSPS) is 16.7. The van der Waals surface area contributed by atoms with Crippen molar-refractivity contribution in [3.63, 3.8) is 0 Å². The van der Waals surface area contributed by atoms with Crippen LogP contribution in [0.25, 0.3) is 0 Å². The summed E-state index contributed by atoms with van der Waals surface area (Å²) >= 11 is 0. The maximum atomic E-state index is 5.42. The molecule has 0 aliphatic carbocycles. The Balaban J connectivity index is 0.00000338. The molecule has 1 heterocycles. The summed E-state index contributed by atoms with van der Waals surface area (Å²) in [5, 5.41) is 6.77. The average Bonchev–Trinajstić information content (AvgIpc) is 2.66. The van der Waals surface area contributed by atoms with Gasteiger partial charge in [0, 0.05) is 39.3 Å². The number of methoxy groups -OCH3 is 1. The SMILES string of the molecule is CCNC(=NCc1ccc(COC)cc1)NCC(C)N1CCOCC1.I. The Morgan fingerprint density at radius 1 is 1.19 bits per heavy atom. The van der Waals surface area contributed by atoms with Crippen LogP contribution in [0.15, 0.2) is 29.3 Å². The second-order valence-electron chi connectivity index (χ2n) is 6.32. The van der Waals surface area contributed by atoms with Crippen molar-refractivity contribution < 1.29 is 9.47 Å². The van der Waals surface area contributed by atoms with Crippen LogP contribution in [0.5, 0.6) is 0 Å². The summed E-state index contributed by atoms with van der Waals surface area (Å²) in [4.78, 5) is 7.15. The van der Waals surface area contributed by atoms with Crippen LogP contribution >= 0.6 is 24.0 Å². The summed E-state index contributed by atoms with van der Waals surface area (Å²) in [6, 6.07) is 8.86.